The second-order valence-corrected chi connectivity index (χ2v) is 12.9. The van der Waals surface area contributed by atoms with Crippen molar-refractivity contribution in [2.75, 3.05) is 13.2 Å². The van der Waals surface area contributed by atoms with Crippen molar-refractivity contribution in [1.29, 1.82) is 0 Å². The van der Waals surface area contributed by atoms with Crippen LogP contribution in [0.3, 0.4) is 0 Å². The number of aryl methyl sites for hydroxylation is 1. The minimum Gasteiger partial charge on any atom is -0.414 e. The van der Waals surface area contributed by atoms with Gasteiger partial charge in [-0.25, -0.2) is 0 Å². The molecule has 0 N–H and O–H groups in total. The Balaban J connectivity index is 2.83. The van der Waals surface area contributed by atoms with Gasteiger partial charge in [-0.2, -0.15) is 8.42 Å². The summed E-state index contributed by atoms with van der Waals surface area (Å²) < 4.78 is 50.5. The van der Waals surface area contributed by atoms with Crippen LogP contribution in [0.1, 0.15) is 29.1 Å². The molecule has 0 fully saturated rings. The van der Waals surface area contributed by atoms with Gasteiger partial charge in [-0.1, -0.05) is 38.5 Å². The molecule has 0 aliphatic heterocycles. The highest BCUT2D eigenvalue weighted by Gasteiger charge is 2.37. The molecule has 1 aromatic carbocycles. The van der Waals surface area contributed by atoms with Gasteiger partial charge in [0, 0.05) is 0 Å². The Hall–Kier alpha value is -0.693. The molecular weight excluding hydrogens is 304 g/mol. The Bertz CT molecular complexity index is 634. The topological polar surface area (TPSA) is 52.6 Å². The first-order valence-corrected chi connectivity index (χ1v) is 11.1. The van der Waals surface area contributed by atoms with Crippen LogP contribution in [0.2, 0.25) is 18.1 Å². The number of benzene rings is 1. The van der Waals surface area contributed by atoms with Gasteiger partial charge in [0.25, 0.3) is 10.1 Å². The summed E-state index contributed by atoms with van der Waals surface area (Å²) in [7, 11) is -6.37. The van der Waals surface area contributed by atoms with E-state index in [1.165, 1.54) is 12.1 Å². The quantitative estimate of drug-likeness (QED) is 0.588. The second kappa shape index (κ2) is 6.60. The van der Waals surface area contributed by atoms with Crippen molar-refractivity contribution in [3.8, 4) is 0 Å². The minimum absolute atomic E-state index is 0.0701. The van der Waals surface area contributed by atoms with Gasteiger partial charge < -0.3 is 4.43 Å². The third-order valence-electron chi connectivity index (χ3n) is 3.78. The standard InChI is InChI=1S/C15H26O4SSi/c1-13-7-9-14(10-8-13)20(16,17)18-11-12-19-21(5,6)15(2,3)4/h7-10H,11-12H2,1-6H3/i11D2. The first kappa shape index (κ1) is 15.2. The largest absolute Gasteiger partial charge is 0.414 e. The van der Waals surface area contributed by atoms with Crippen LogP contribution >= 0.6 is 0 Å². The van der Waals surface area contributed by atoms with E-state index in [1.54, 1.807) is 12.1 Å². The first-order valence-electron chi connectivity index (χ1n) is 7.83. The van der Waals surface area contributed by atoms with Crippen LogP contribution in [0.5, 0.6) is 0 Å². The molecule has 21 heavy (non-hydrogen) atoms. The fourth-order valence-electron chi connectivity index (χ4n) is 1.28. The molecule has 0 saturated carbocycles. The van der Waals surface area contributed by atoms with Crippen molar-refractivity contribution < 1.29 is 19.8 Å². The van der Waals surface area contributed by atoms with Crippen molar-refractivity contribution >= 4 is 18.4 Å². The lowest BCUT2D eigenvalue weighted by Crippen LogP contribution is -2.41. The summed E-state index contributed by atoms with van der Waals surface area (Å²) in [6, 6.07) is 6.07. The molecule has 0 spiro atoms. The maximum Gasteiger partial charge on any atom is 0.297 e. The molecule has 6 heteroatoms. The molecule has 0 unspecified atom stereocenters. The fraction of sp³-hybridized carbons (Fsp3) is 0.600. The SMILES string of the molecule is [2H]C([2H])(CO[Si](C)(C)C(C)(C)C)OS(=O)(=O)c1ccc(C)cc1. The summed E-state index contributed by atoms with van der Waals surface area (Å²) >= 11 is 0. The molecule has 120 valence electrons. The summed E-state index contributed by atoms with van der Waals surface area (Å²) in [5, 5.41) is -0.0983. The maximum absolute atomic E-state index is 12.2. The normalized spacial score (nSPS) is 15.5. The highest BCUT2D eigenvalue weighted by Crippen LogP contribution is 2.36. The second-order valence-electron chi connectivity index (χ2n) is 6.54. The third-order valence-corrected chi connectivity index (χ3v) is 9.44. The van der Waals surface area contributed by atoms with E-state index in [0.717, 1.165) is 5.56 Å². The van der Waals surface area contributed by atoms with E-state index in [9.17, 15) is 8.42 Å². The maximum atomic E-state index is 12.2. The Labute approximate surface area is 132 Å². The van der Waals surface area contributed by atoms with E-state index in [-0.39, 0.29) is 9.93 Å². The van der Waals surface area contributed by atoms with Gasteiger partial charge in [0.05, 0.1) is 20.8 Å². The number of rotatable bonds is 6. The van der Waals surface area contributed by atoms with Gasteiger partial charge in [0.15, 0.2) is 8.32 Å². The van der Waals surface area contributed by atoms with Crippen LogP contribution < -0.4 is 0 Å². The molecule has 0 atom stereocenters. The monoisotopic (exact) mass is 332 g/mol. The van der Waals surface area contributed by atoms with Crippen molar-refractivity contribution in [2.45, 2.75) is 50.7 Å². The fourth-order valence-corrected chi connectivity index (χ4v) is 2.90. The molecule has 0 aliphatic carbocycles. The lowest BCUT2D eigenvalue weighted by molar-refractivity contribution is 0.207. The molecule has 1 aromatic rings. The molecule has 0 aliphatic rings. The lowest BCUT2D eigenvalue weighted by atomic mass is 10.2. The summed E-state index contributed by atoms with van der Waals surface area (Å²) in [5.74, 6) is 0. The molecular formula is C15H26O4SSi. The molecule has 0 aromatic heterocycles. The molecule has 0 bridgehead atoms. The first-order chi connectivity index (χ1) is 10.2. The highest BCUT2D eigenvalue weighted by molar-refractivity contribution is 7.86. The van der Waals surface area contributed by atoms with Crippen LogP contribution in [-0.4, -0.2) is 29.9 Å². The Morgan fingerprint density at radius 2 is 1.71 bits per heavy atom. The van der Waals surface area contributed by atoms with E-state index in [2.05, 4.69) is 0 Å². The molecule has 4 nitrogen and oxygen atoms in total. The van der Waals surface area contributed by atoms with Crippen LogP contribution in [0.4, 0.5) is 0 Å². The van der Waals surface area contributed by atoms with Crippen LogP contribution in [0, 0.1) is 6.92 Å². The summed E-state index contributed by atoms with van der Waals surface area (Å²) in [4.78, 5) is -0.0701. The predicted molar refractivity (Wildman–Crippen MR) is 87.5 cm³/mol. The zero-order chi connectivity index (χ0) is 18.1. The van der Waals surface area contributed by atoms with Gasteiger partial charge in [-0.15, -0.1) is 0 Å². The summed E-state index contributed by atoms with van der Waals surface area (Å²) in [6.45, 7) is 9.02. The zero-order valence-electron chi connectivity index (χ0n) is 15.6. The Morgan fingerprint density at radius 3 is 2.19 bits per heavy atom. The molecule has 0 radical (unpaired) electrons. The van der Waals surface area contributed by atoms with Gasteiger partial charge in [0.2, 0.25) is 0 Å². The molecule has 0 heterocycles. The average Bonchev–Trinajstić information content (AvgIpc) is 2.34. The van der Waals surface area contributed by atoms with E-state index in [0.29, 0.717) is 0 Å². The summed E-state index contributed by atoms with van der Waals surface area (Å²) in [6.07, 6.45) is 0. The van der Waals surface area contributed by atoms with Gasteiger partial charge in [-0.3, -0.25) is 4.18 Å². The van der Waals surface area contributed by atoms with E-state index < -0.39 is 31.6 Å². The smallest absolute Gasteiger partial charge is 0.297 e. The third kappa shape index (κ3) is 5.21. The molecule has 0 saturated heterocycles. The van der Waals surface area contributed by atoms with E-state index in [4.69, 9.17) is 11.4 Å². The number of hydrogen-bond acceptors (Lipinski definition) is 4. The van der Waals surface area contributed by atoms with Crippen LogP contribution in [-0.2, 0) is 18.7 Å². The zero-order valence-corrected chi connectivity index (χ0v) is 15.4. The lowest BCUT2D eigenvalue weighted by Gasteiger charge is -2.36. The van der Waals surface area contributed by atoms with Crippen molar-refractivity contribution in [3.05, 3.63) is 29.8 Å². The van der Waals surface area contributed by atoms with Gasteiger partial charge >= 0.3 is 0 Å². The van der Waals surface area contributed by atoms with E-state index in [1.807, 2.05) is 40.8 Å². The van der Waals surface area contributed by atoms with Crippen molar-refractivity contribution in [3.63, 3.8) is 0 Å². The van der Waals surface area contributed by atoms with Gasteiger partial charge in [0.1, 0.15) is 0 Å². The Kier molecular flexibility index (Phi) is 4.78. The Morgan fingerprint density at radius 1 is 1.19 bits per heavy atom. The highest BCUT2D eigenvalue weighted by atomic mass is 32.2. The molecule has 1 rings (SSSR count). The van der Waals surface area contributed by atoms with E-state index >= 15 is 0 Å². The molecule has 0 amide bonds. The number of hydrogen-bond donors (Lipinski definition) is 0. The van der Waals surface area contributed by atoms with Crippen molar-refractivity contribution in [2.24, 2.45) is 0 Å². The van der Waals surface area contributed by atoms with Crippen LogP contribution in [0.15, 0.2) is 29.2 Å². The van der Waals surface area contributed by atoms with Crippen molar-refractivity contribution in [1.82, 2.24) is 0 Å². The van der Waals surface area contributed by atoms with Crippen LogP contribution in [0.25, 0.3) is 0 Å². The minimum atomic E-state index is -4.18. The predicted octanol–water partition coefficient (Wildman–Crippen LogP) is 3.72. The van der Waals surface area contributed by atoms with Gasteiger partial charge in [-0.05, 0) is 37.2 Å². The average molecular weight is 333 g/mol. The summed E-state index contributed by atoms with van der Waals surface area (Å²) in [5.41, 5.74) is 0.910.